The molecule has 17 heavy (non-hydrogen) atoms. The number of rotatable bonds is 5. The van der Waals surface area contributed by atoms with Gasteiger partial charge in [0, 0.05) is 18.4 Å². The summed E-state index contributed by atoms with van der Waals surface area (Å²) in [5.41, 5.74) is 6.37. The Morgan fingerprint density at radius 3 is 2.76 bits per heavy atom. The molecule has 0 saturated heterocycles. The molecule has 1 aromatic heterocycles. The molecular weight excluding hydrogens is 238 g/mol. The van der Waals surface area contributed by atoms with Crippen LogP contribution in [0.4, 0.5) is 5.82 Å². The van der Waals surface area contributed by atoms with Crippen LogP contribution in [0.3, 0.4) is 0 Å². The number of likely N-dealkylation sites (N-methyl/N-ethyl adjacent to an activating group) is 1. The van der Waals surface area contributed by atoms with Gasteiger partial charge in [0.1, 0.15) is 5.82 Å². The molecule has 3 N–H and O–H groups in total. The third kappa shape index (κ3) is 3.31. The first-order valence-corrected chi connectivity index (χ1v) is 6.02. The van der Waals surface area contributed by atoms with Crippen molar-refractivity contribution in [2.75, 3.05) is 19.4 Å². The average Bonchev–Trinajstić information content (AvgIpc) is 2.23. The average molecular weight is 258 g/mol. The highest BCUT2D eigenvalue weighted by atomic mass is 35.5. The maximum Gasteiger partial charge on any atom is 0.128 e. The fourth-order valence-corrected chi connectivity index (χ4v) is 2.20. The SMILES string of the molecule is CCOC(C)(C)C(NC)c1cc(Cl)cnc1N. The zero-order valence-electron chi connectivity index (χ0n) is 10.7. The summed E-state index contributed by atoms with van der Waals surface area (Å²) in [5.74, 6) is 0.474. The molecule has 0 aliphatic rings. The molecule has 0 aromatic carbocycles. The highest BCUT2D eigenvalue weighted by Crippen LogP contribution is 2.32. The number of nitrogens with one attached hydrogen (secondary N) is 1. The molecule has 0 aliphatic carbocycles. The molecule has 1 aromatic rings. The van der Waals surface area contributed by atoms with E-state index in [9.17, 15) is 0 Å². The van der Waals surface area contributed by atoms with E-state index in [2.05, 4.69) is 10.3 Å². The maximum absolute atomic E-state index is 5.96. The van der Waals surface area contributed by atoms with Crippen molar-refractivity contribution < 1.29 is 4.74 Å². The molecule has 0 spiro atoms. The van der Waals surface area contributed by atoms with Gasteiger partial charge in [0.2, 0.25) is 0 Å². The first-order valence-electron chi connectivity index (χ1n) is 5.64. The van der Waals surface area contributed by atoms with E-state index in [-0.39, 0.29) is 11.6 Å². The third-order valence-corrected chi connectivity index (χ3v) is 2.93. The minimum Gasteiger partial charge on any atom is -0.383 e. The van der Waals surface area contributed by atoms with E-state index in [1.54, 1.807) is 6.20 Å². The predicted molar refractivity (Wildman–Crippen MR) is 71.2 cm³/mol. The first-order chi connectivity index (χ1) is 7.92. The Morgan fingerprint density at radius 1 is 1.59 bits per heavy atom. The summed E-state index contributed by atoms with van der Waals surface area (Å²) in [5, 5.41) is 3.78. The van der Waals surface area contributed by atoms with E-state index in [4.69, 9.17) is 22.1 Å². The number of aromatic nitrogens is 1. The van der Waals surface area contributed by atoms with Gasteiger partial charge in [-0.25, -0.2) is 4.98 Å². The number of ether oxygens (including phenoxy) is 1. The van der Waals surface area contributed by atoms with Gasteiger partial charge in [-0.2, -0.15) is 0 Å². The molecule has 0 fully saturated rings. The summed E-state index contributed by atoms with van der Waals surface area (Å²) < 4.78 is 5.74. The molecular formula is C12H20ClN3O. The number of hydrogen-bond acceptors (Lipinski definition) is 4. The molecule has 1 heterocycles. The summed E-state index contributed by atoms with van der Waals surface area (Å²) in [6.45, 7) is 6.63. The molecule has 1 atom stereocenters. The van der Waals surface area contributed by atoms with Crippen molar-refractivity contribution in [3.05, 3.63) is 22.8 Å². The van der Waals surface area contributed by atoms with Crippen LogP contribution < -0.4 is 11.1 Å². The number of pyridine rings is 1. The molecule has 96 valence electrons. The van der Waals surface area contributed by atoms with Gasteiger partial charge in [-0.15, -0.1) is 0 Å². The van der Waals surface area contributed by atoms with E-state index >= 15 is 0 Å². The minimum absolute atomic E-state index is 0.0614. The van der Waals surface area contributed by atoms with Gasteiger partial charge in [-0.1, -0.05) is 11.6 Å². The smallest absolute Gasteiger partial charge is 0.128 e. The number of nitrogen functional groups attached to an aromatic ring is 1. The Balaban J connectivity index is 3.13. The van der Waals surface area contributed by atoms with Gasteiger partial charge in [-0.05, 0) is 33.9 Å². The van der Waals surface area contributed by atoms with Gasteiger partial charge in [-0.3, -0.25) is 0 Å². The van der Waals surface area contributed by atoms with E-state index in [1.807, 2.05) is 33.9 Å². The van der Waals surface area contributed by atoms with Gasteiger partial charge < -0.3 is 15.8 Å². The lowest BCUT2D eigenvalue weighted by molar-refractivity contribution is -0.0373. The third-order valence-electron chi connectivity index (χ3n) is 2.73. The van der Waals surface area contributed by atoms with Crippen molar-refractivity contribution >= 4 is 17.4 Å². The quantitative estimate of drug-likeness (QED) is 0.850. The summed E-state index contributed by atoms with van der Waals surface area (Å²) in [4.78, 5) is 4.07. The Morgan fingerprint density at radius 2 is 2.24 bits per heavy atom. The monoisotopic (exact) mass is 257 g/mol. The van der Waals surface area contributed by atoms with Crippen LogP contribution in [0.5, 0.6) is 0 Å². The Labute approximate surface area is 108 Å². The van der Waals surface area contributed by atoms with E-state index in [0.717, 1.165) is 5.56 Å². The number of anilines is 1. The molecule has 0 bridgehead atoms. The van der Waals surface area contributed by atoms with Crippen molar-refractivity contribution in [3.63, 3.8) is 0 Å². The van der Waals surface area contributed by atoms with Crippen LogP contribution in [0, 0.1) is 0 Å². The molecule has 1 unspecified atom stereocenters. The fraction of sp³-hybridized carbons (Fsp3) is 0.583. The lowest BCUT2D eigenvalue weighted by Gasteiger charge is -2.34. The zero-order chi connectivity index (χ0) is 13.1. The van der Waals surface area contributed by atoms with Gasteiger partial charge in [0.15, 0.2) is 0 Å². The molecule has 0 amide bonds. The highest BCUT2D eigenvalue weighted by Gasteiger charge is 2.32. The lowest BCUT2D eigenvalue weighted by Crippen LogP contribution is -2.40. The van der Waals surface area contributed by atoms with Crippen LogP contribution in [-0.2, 0) is 4.74 Å². The van der Waals surface area contributed by atoms with E-state index in [0.29, 0.717) is 17.4 Å². The summed E-state index contributed by atoms with van der Waals surface area (Å²) >= 11 is 5.96. The Kier molecular flexibility index (Phi) is 4.74. The van der Waals surface area contributed by atoms with Crippen LogP contribution in [0.1, 0.15) is 32.4 Å². The second-order valence-corrected chi connectivity index (χ2v) is 4.82. The van der Waals surface area contributed by atoms with Crippen molar-refractivity contribution in [3.8, 4) is 0 Å². The van der Waals surface area contributed by atoms with Gasteiger partial charge in [0.25, 0.3) is 0 Å². The predicted octanol–water partition coefficient (Wildman–Crippen LogP) is 2.39. The molecule has 5 heteroatoms. The summed E-state index contributed by atoms with van der Waals surface area (Å²) in [6.07, 6.45) is 1.54. The van der Waals surface area contributed by atoms with Crippen molar-refractivity contribution in [1.29, 1.82) is 0 Å². The van der Waals surface area contributed by atoms with E-state index < -0.39 is 0 Å². The topological polar surface area (TPSA) is 60.2 Å². The molecule has 0 aliphatic heterocycles. The molecule has 0 radical (unpaired) electrons. The van der Waals surface area contributed by atoms with Crippen LogP contribution in [0.25, 0.3) is 0 Å². The number of hydrogen-bond donors (Lipinski definition) is 2. The van der Waals surface area contributed by atoms with Crippen LogP contribution in [0.2, 0.25) is 5.02 Å². The summed E-state index contributed by atoms with van der Waals surface area (Å²) in [7, 11) is 1.87. The van der Waals surface area contributed by atoms with Crippen molar-refractivity contribution in [2.45, 2.75) is 32.4 Å². The van der Waals surface area contributed by atoms with Crippen molar-refractivity contribution in [1.82, 2.24) is 10.3 Å². The number of nitrogens with two attached hydrogens (primary N) is 1. The van der Waals surface area contributed by atoms with Crippen molar-refractivity contribution in [2.24, 2.45) is 0 Å². The standard InChI is InChI=1S/C12H20ClN3O/c1-5-17-12(2,3)10(15-4)9-6-8(13)7-16-11(9)14/h6-7,10,15H,5H2,1-4H3,(H2,14,16). The number of nitrogens with zero attached hydrogens (tertiary/aromatic N) is 1. The summed E-state index contributed by atoms with van der Waals surface area (Å²) in [6, 6.07) is 1.76. The number of halogens is 1. The minimum atomic E-state index is -0.385. The normalized spacial score (nSPS) is 13.7. The Bertz CT molecular complexity index is 382. The molecule has 1 rings (SSSR count). The maximum atomic E-state index is 5.96. The second-order valence-electron chi connectivity index (χ2n) is 4.39. The zero-order valence-corrected chi connectivity index (χ0v) is 11.5. The second kappa shape index (κ2) is 5.67. The van der Waals surface area contributed by atoms with Crippen LogP contribution >= 0.6 is 11.6 Å². The first kappa shape index (κ1) is 14.2. The van der Waals surface area contributed by atoms with Crippen LogP contribution in [-0.4, -0.2) is 24.2 Å². The van der Waals surface area contributed by atoms with Crippen LogP contribution in [0.15, 0.2) is 12.3 Å². The fourth-order valence-electron chi connectivity index (χ4n) is 2.03. The van der Waals surface area contributed by atoms with E-state index in [1.165, 1.54) is 0 Å². The molecule has 0 saturated carbocycles. The largest absolute Gasteiger partial charge is 0.383 e. The Hall–Kier alpha value is -0.840. The highest BCUT2D eigenvalue weighted by molar-refractivity contribution is 6.30. The molecule has 4 nitrogen and oxygen atoms in total. The van der Waals surface area contributed by atoms with Gasteiger partial charge >= 0.3 is 0 Å². The van der Waals surface area contributed by atoms with Gasteiger partial charge in [0.05, 0.1) is 16.7 Å². The lowest BCUT2D eigenvalue weighted by atomic mass is 9.92.